The zero-order chi connectivity index (χ0) is 13.4. The summed E-state index contributed by atoms with van der Waals surface area (Å²) < 4.78 is 0. The van der Waals surface area contributed by atoms with E-state index in [0.717, 1.165) is 13.0 Å². The zero-order valence-corrected chi connectivity index (χ0v) is 11.6. The third-order valence-corrected chi connectivity index (χ3v) is 3.45. The number of hydrogen-bond acceptors (Lipinski definition) is 3. The van der Waals surface area contributed by atoms with Crippen LogP contribution in [0.3, 0.4) is 0 Å². The Kier molecular flexibility index (Phi) is 6.74. The molecule has 1 aliphatic heterocycles. The van der Waals surface area contributed by atoms with Crippen molar-refractivity contribution in [1.82, 2.24) is 10.2 Å². The summed E-state index contributed by atoms with van der Waals surface area (Å²) in [6.07, 6.45) is 6.08. The molecule has 4 nitrogen and oxygen atoms in total. The molecular weight excluding hydrogens is 226 g/mol. The molecule has 1 N–H and O–H groups in total. The van der Waals surface area contributed by atoms with Crippen molar-refractivity contribution in [3.8, 4) is 6.07 Å². The van der Waals surface area contributed by atoms with Gasteiger partial charge in [0.15, 0.2) is 0 Å². The van der Waals surface area contributed by atoms with Gasteiger partial charge in [-0.05, 0) is 31.7 Å². The Labute approximate surface area is 110 Å². The minimum atomic E-state index is -0.0211. The molecule has 18 heavy (non-hydrogen) atoms. The average molecular weight is 251 g/mol. The highest BCUT2D eigenvalue weighted by Gasteiger charge is 2.23. The van der Waals surface area contributed by atoms with Gasteiger partial charge < -0.3 is 5.32 Å². The van der Waals surface area contributed by atoms with E-state index in [9.17, 15) is 4.79 Å². The normalized spacial score (nSPS) is 21.3. The molecule has 1 atom stereocenters. The second kappa shape index (κ2) is 8.10. The van der Waals surface area contributed by atoms with Gasteiger partial charge in [0, 0.05) is 6.04 Å². The molecule has 0 aliphatic carbocycles. The summed E-state index contributed by atoms with van der Waals surface area (Å²) in [6.45, 7) is 6.04. The maximum absolute atomic E-state index is 11.7. The first-order valence-electron chi connectivity index (χ1n) is 7.01. The number of carbonyl (C=O) groups is 1. The minimum Gasteiger partial charge on any atom is -0.342 e. The van der Waals surface area contributed by atoms with Gasteiger partial charge in [0.05, 0.1) is 12.6 Å². The van der Waals surface area contributed by atoms with Gasteiger partial charge in [-0.1, -0.05) is 26.7 Å². The second-order valence-corrected chi connectivity index (χ2v) is 5.54. The Balaban J connectivity index is 2.51. The predicted octanol–water partition coefficient (Wildman–Crippen LogP) is 1.92. The molecule has 0 spiro atoms. The summed E-state index contributed by atoms with van der Waals surface area (Å²) in [5, 5.41) is 11.1. The fraction of sp³-hybridized carbons (Fsp3) is 0.857. The molecule has 0 radical (unpaired) electrons. The highest BCUT2D eigenvalue weighted by atomic mass is 16.2. The number of nitriles is 1. The summed E-state index contributed by atoms with van der Waals surface area (Å²) in [6, 6.07) is 2.47. The van der Waals surface area contributed by atoms with Crippen molar-refractivity contribution in [2.45, 2.75) is 52.0 Å². The smallest absolute Gasteiger partial charge is 0.235 e. The molecule has 0 aromatic heterocycles. The molecule has 4 heteroatoms. The van der Waals surface area contributed by atoms with E-state index in [4.69, 9.17) is 5.26 Å². The molecule has 1 rings (SSSR count). The molecule has 0 aromatic carbocycles. The first kappa shape index (κ1) is 15.0. The van der Waals surface area contributed by atoms with Crippen molar-refractivity contribution >= 4 is 5.91 Å². The molecule has 1 saturated heterocycles. The molecule has 1 aliphatic rings. The quantitative estimate of drug-likeness (QED) is 0.759. The standard InChI is InChI=1S/C14H25N3O/c1-12(2)10-13-6-4-3-5-9-17(13)11-14(18)16-8-7-15/h12-13H,3-6,8-11H2,1-2H3,(H,16,18). The van der Waals surface area contributed by atoms with Gasteiger partial charge in [0.1, 0.15) is 6.54 Å². The van der Waals surface area contributed by atoms with E-state index in [-0.39, 0.29) is 12.5 Å². The number of amides is 1. The van der Waals surface area contributed by atoms with Crippen LogP contribution in [0.5, 0.6) is 0 Å². The van der Waals surface area contributed by atoms with Crippen LogP contribution in [0.25, 0.3) is 0 Å². The summed E-state index contributed by atoms with van der Waals surface area (Å²) in [5.74, 6) is 0.643. The largest absolute Gasteiger partial charge is 0.342 e. The van der Waals surface area contributed by atoms with Crippen molar-refractivity contribution in [3.05, 3.63) is 0 Å². The lowest BCUT2D eigenvalue weighted by Crippen LogP contribution is -2.43. The Morgan fingerprint density at radius 1 is 1.44 bits per heavy atom. The molecule has 1 amide bonds. The van der Waals surface area contributed by atoms with E-state index in [1.165, 1.54) is 25.7 Å². The maximum Gasteiger partial charge on any atom is 0.235 e. The highest BCUT2D eigenvalue weighted by molar-refractivity contribution is 5.78. The molecule has 1 fully saturated rings. The van der Waals surface area contributed by atoms with Crippen LogP contribution in [0.15, 0.2) is 0 Å². The number of carbonyl (C=O) groups excluding carboxylic acids is 1. The Morgan fingerprint density at radius 2 is 2.22 bits per heavy atom. The number of rotatable bonds is 5. The lowest BCUT2D eigenvalue weighted by Gasteiger charge is -2.30. The lowest BCUT2D eigenvalue weighted by molar-refractivity contribution is -0.122. The molecule has 0 aromatic rings. The van der Waals surface area contributed by atoms with E-state index in [0.29, 0.717) is 18.5 Å². The fourth-order valence-electron chi connectivity index (χ4n) is 2.63. The molecule has 0 bridgehead atoms. The Hall–Kier alpha value is -1.08. The van der Waals surface area contributed by atoms with Gasteiger partial charge >= 0.3 is 0 Å². The molecular formula is C14H25N3O. The van der Waals surface area contributed by atoms with Crippen LogP contribution in [0.4, 0.5) is 0 Å². The summed E-state index contributed by atoms with van der Waals surface area (Å²) in [7, 11) is 0. The Morgan fingerprint density at radius 3 is 2.89 bits per heavy atom. The average Bonchev–Trinajstić information content (AvgIpc) is 2.52. The predicted molar refractivity (Wildman–Crippen MR) is 71.9 cm³/mol. The van der Waals surface area contributed by atoms with Crippen molar-refractivity contribution in [1.29, 1.82) is 5.26 Å². The maximum atomic E-state index is 11.7. The van der Waals surface area contributed by atoms with E-state index in [2.05, 4.69) is 24.1 Å². The molecule has 102 valence electrons. The van der Waals surface area contributed by atoms with Crippen LogP contribution in [-0.4, -0.2) is 36.5 Å². The van der Waals surface area contributed by atoms with Crippen LogP contribution in [0, 0.1) is 17.2 Å². The highest BCUT2D eigenvalue weighted by Crippen LogP contribution is 2.21. The first-order chi connectivity index (χ1) is 8.63. The Bertz CT molecular complexity index is 296. The van der Waals surface area contributed by atoms with E-state index in [1.54, 1.807) is 0 Å². The molecule has 1 unspecified atom stereocenters. The van der Waals surface area contributed by atoms with E-state index >= 15 is 0 Å². The van der Waals surface area contributed by atoms with Gasteiger partial charge in [-0.3, -0.25) is 9.69 Å². The van der Waals surface area contributed by atoms with Crippen molar-refractivity contribution in [3.63, 3.8) is 0 Å². The van der Waals surface area contributed by atoms with Crippen LogP contribution < -0.4 is 5.32 Å². The number of nitrogens with one attached hydrogen (secondary N) is 1. The summed E-state index contributed by atoms with van der Waals surface area (Å²) in [4.78, 5) is 14.0. The number of likely N-dealkylation sites (tertiary alicyclic amines) is 1. The fourth-order valence-corrected chi connectivity index (χ4v) is 2.63. The van der Waals surface area contributed by atoms with Crippen LogP contribution in [0.2, 0.25) is 0 Å². The topological polar surface area (TPSA) is 56.1 Å². The van der Waals surface area contributed by atoms with Crippen molar-refractivity contribution < 1.29 is 4.79 Å². The summed E-state index contributed by atoms with van der Waals surface area (Å²) >= 11 is 0. The molecule has 1 heterocycles. The van der Waals surface area contributed by atoms with Gasteiger partial charge in [-0.25, -0.2) is 0 Å². The number of nitrogens with zero attached hydrogens (tertiary/aromatic N) is 2. The van der Waals surface area contributed by atoms with Gasteiger partial charge in [-0.15, -0.1) is 0 Å². The van der Waals surface area contributed by atoms with Crippen LogP contribution in [0.1, 0.15) is 46.0 Å². The third kappa shape index (κ3) is 5.50. The van der Waals surface area contributed by atoms with Crippen LogP contribution in [-0.2, 0) is 4.79 Å². The van der Waals surface area contributed by atoms with Crippen molar-refractivity contribution in [2.75, 3.05) is 19.6 Å². The molecule has 0 saturated carbocycles. The van der Waals surface area contributed by atoms with E-state index in [1.807, 2.05) is 6.07 Å². The third-order valence-electron chi connectivity index (χ3n) is 3.45. The minimum absolute atomic E-state index is 0.0211. The van der Waals surface area contributed by atoms with Gasteiger partial charge in [0.25, 0.3) is 0 Å². The van der Waals surface area contributed by atoms with Gasteiger partial charge in [-0.2, -0.15) is 5.26 Å². The zero-order valence-electron chi connectivity index (χ0n) is 11.6. The second-order valence-electron chi connectivity index (χ2n) is 5.54. The lowest BCUT2D eigenvalue weighted by atomic mass is 9.99. The monoisotopic (exact) mass is 251 g/mol. The first-order valence-corrected chi connectivity index (χ1v) is 7.01. The van der Waals surface area contributed by atoms with Gasteiger partial charge in [0.2, 0.25) is 5.91 Å². The van der Waals surface area contributed by atoms with Crippen LogP contribution >= 0.6 is 0 Å². The SMILES string of the molecule is CC(C)CC1CCCCCN1CC(=O)NCC#N. The van der Waals surface area contributed by atoms with E-state index < -0.39 is 0 Å². The van der Waals surface area contributed by atoms with Crippen molar-refractivity contribution in [2.24, 2.45) is 5.92 Å². The number of hydrogen-bond donors (Lipinski definition) is 1. The summed E-state index contributed by atoms with van der Waals surface area (Å²) in [5.41, 5.74) is 0.